The molecule has 0 unspecified atom stereocenters. The van der Waals surface area contributed by atoms with E-state index >= 15 is 0 Å². The molecule has 144 valence electrons. The van der Waals surface area contributed by atoms with Gasteiger partial charge in [0.2, 0.25) is 0 Å². The minimum absolute atomic E-state index is 0.234. The normalized spacial score (nSPS) is 13.9. The lowest BCUT2D eigenvalue weighted by Crippen LogP contribution is -2.29. The zero-order valence-corrected chi connectivity index (χ0v) is 15.6. The molecule has 9 heteroatoms. The lowest BCUT2D eigenvalue weighted by Gasteiger charge is -2.13. The highest BCUT2D eigenvalue weighted by molar-refractivity contribution is 7.85. The first-order valence-corrected chi connectivity index (χ1v) is 9.86. The van der Waals surface area contributed by atoms with Crippen LogP contribution in [0.2, 0.25) is 0 Å². The zero-order valence-electron chi connectivity index (χ0n) is 14.8. The molecule has 0 atom stereocenters. The molecule has 0 bridgehead atoms. The molecular formula is C20H13N3O5S. The van der Waals surface area contributed by atoms with Crippen LogP contribution >= 0.6 is 0 Å². The predicted molar refractivity (Wildman–Crippen MR) is 104 cm³/mol. The molecule has 1 aliphatic rings. The van der Waals surface area contributed by atoms with Gasteiger partial charge in [0.1, 0.15) is 0 Å². The van der Waals surface area contributed by atoms with E-state index in [0.717, 1.165) is 4.90 Å². The molecule has 0 spiro atoms. The van der Waals surface area contributed by atoms with E-state index in [9.17, 15) is 18.0 Å². The first-order chi connectivity index (χ1) is 13.8. The number of rotatable bonds is 4. The highest BCUT2D eigenvalue weighted by atomic mass is 32.2. The van der Waals surface area contributed by atoms with Crippen molar-refractivity contribution in [1.82, 2.24) is 0 Å². The maximum Gasteiger partial charge on any atom is 0.294 e. The Balaban J connectivity index is 1.52. The Labute approximate surface area is 165 Å². The van der Waals surface area contributed by atoms with Crippen molar-refractivity contribution in [3.8, 4) is 0 Å². The van der Waals surface area contributed by atoms with Crippen LogP contribution in [0.25, 0.3) is 0 Å². The molecule has 3 aromatic carbocycles. The Bertz CT molecular complexity index is 1220. The summed E-state index contributed by atoms with van der Waals surface area (Å²) in [5, 5.41) is 8.03. The van der Waals surface area contributed by atoms with Gasteiger partial charge in [0.05, 0.1) is 33.1 Å². The van der Waals surface area contributed by atoms with Crippen LogP contribution in [0.1, 0.15) is 20.7 Å². The molecule has 1 aliphatic heterocycles. The topological polar surface area (TPSA) is 116 Å². The summed E-state index contributed by atoms with van der Waals surface area (Å²) in [5.74, 6) is -0.752. The quantitative estimate of drug-likeness (QED) is 0.396. The van der Waals surface area contributed by atoms with Crippen molar-refractivity contribution >= 4 is 39.0 Å². The largest absolute Gasteiger partial charge is 0.294 e. The number of amides is 2. The van der Waals surface area contributed by atoms with Gasteiger partial charge in [-0.25, -0.2) is 4.90 Å². The predicted octanol–water partition coefficient (Wildman–Crippen LogP) is 4.15. The van der Waals surface area contributed by atoms with E-state index in [1.807, 2.05) is 0 Å². The number of nitrogens with zero attached hydrogens (tertiary/aromatic N) is 3. The van der Waals surface area contributed by atoms with Crippen LogP contribution in [-0.2, 0) is 10.1 Å². The fourth-order valence-electron chi connectivity index (χ4n) is 2.89. The van der Waals surface area contributed by atoms with E-state index in [1.165, 1.54) is 24.3 Å². The molecule has 0 aliphatic carbocycles. The van der Waals surface area contributed by atoms with Crippen LogP contribution in [0.15, 0.2) is 87.9 Å². The number of benzene rings is 3. The summed E-state index contributed by atoms with van der Waals surface area (Å²) < 4.78 is 31.0. The molecule has 0 saturated heterocycles. The van der Waals surface area contributed by atoms with Crippen LogP contribution in [0.3, 0.4) is 0 Å². The third kappa shape index (κ3) is 3.56. The Kier molecular flexibility index (Phi) is 4.53. The second-order valence-corrected chi connectivity index (χ2v) is 7.60. The minimum atomic E-state index is -4.26. The van der Waals surface area contributed by atoms with Crippen LogP contribution in [0.5, 0.6) is 0 Å². The molecule has 29 heavy (non-hydrogen) atoms. The van der Waals surface area contributed by atoms with Crippen molar-refractivity contribution in [2.75, 3.05) is 4.90 Å². The number of carbonyl (C=O) groups excluding carboxylic acids is 2. The van der Waals surface area contributed by atoms with Crippen LogP contribution in [0.4, 0.5) is 17.1 Å². The molecule has 0 fully saturated rings. The smallest absolute Gasteiger partial charge is 0.282 e. The number of fused-ring (bicyclic) bond motifs is 1. The first-order valence-electron chi connectivity index (χ1n) is 8.42. The lowest BCUT2D eigenvalue weighted by molar-refractivity contribution is 0.0926. The van der Waals surface area contributed by atoms with Crippen LogP contribution < -0.4 is 4.90 Å². The number of hydrogen-bond donors (Lipinski definition) is 1. The van der Waals surface area contributed by atoms with Gasteiger partial charge in [0, 0.05) is 0 Å². The lowest BCUT2D eigenvalue weighted by atomic mass is 10.1. The number of imide groups is 1. The van der Waals surface area contributed by atoms with Gasteiger partial charge in [-0.1, -0.05) is 12.1 Å². The Morgan fingerprint density at radius 1 is 0.690 bits per heavy atom. The van der Waals surface area contributed by atoms with Gasteiger partial charge in [-0.3, -0.25) is 14.1 Å². The molecule has 2 amide bonds. The molecule has 3 aromatic rings. The maximum absolute atomic E-state index is 12.5. The zero-order chi connectivity index (χ0) is 20.6. The van der Waals surface area contributed by atoms with E-state index in [-0.39, 0.29) is 16.7 Å². The van der Waals surface area contributed by atoms with E-state index in [2.05, 4.69) is 10.2 Å². The molecule has 1 heterocycles. The number of anilines is 1. The fourth-order valence-corrected chi connectivity index (χ4v) is 3.37. The number of carbonyl (C=O) groups is 2. The van der Waals surface area contributed by atoms with Crippen molar-refractivity contribution < 1.29 is 22.6 Å². The Morgan fingerprint density at radius 3 is 1.59 bits per heavy atom. The fraction of sp³-hybridized carbons (Fsp3) is 0. The van der Waals surface area contributed by atoms with Crippen molar-refractivity contribution in [3.63, 3.8) is 0 Å². The standard InChI is InChI=1S/C20H13N3O5S/c24-19-17-3-1-2-4-18(17)20(25)23(19)15-9-5-13(6-10-15)21-22-14-7-11-16(12-8-14)29(26,27)28/h1-12H,(H,26,27,28). The third-order valence-corrected chi connectivity index (χ3v) is 5.19. The van der Waals surface area contributed by atoms with Gasteiger partial charge >= 0.3 is 0 Å². The van der Waals surface area contributed by atoms with Crippen molar-refractivity contribution in [2.24, 2.45) is 10.2 Å². The van der Waals surface area contributed by atoms with Crippen LogP contribution in [0, 0.1) is 0 Å². The van der Waals surface area contributed by atoms with Gasteiger partial charge < -0.3 is 0 Å². The molecule has 0 aromatic heterocycles. The summed E-state index contributed by atoms with van der Waals surface area (Å²) >= 11 is 0. The van der Waals surface area contributed by atoms with Gasteiger partial charge in [-0.15, -0.1) is 0 Å². The van der Waals surface area contributed by atoms with Crippen molar-refractivity contribution in [2.45, 2.75) is 4.90 Å². The van der Waals surface area contributed by atoms with Gasteiger partial charge in [-0.05, 0) is 60.7 Å². The van der Waals surface area contributed by atoms with E-state index in [0.29, 0.717) is 28.2 Å². The second kappa shape index (κ2) is 7.04. The second-order valence-electron chi connectivity index (χ2n) is 6.18. The monoisotopic (exact) mass is 407 g/mol. The average molecular weight is 407 g/mol. The SMILES string of the molecule is O=C1c2ccccc2C(=O)N1c1ccc(N=Nc2ccc(S(=O)(=O)O)cc2)cc1. The highest BCUT2D eigenvalue weighted by Crippen LogP contribution is 2.30. The summed E-state index contributed by atoms with van der Waals surface area (Å²) in [4.78, 5) is 25.9. The molecule has 8 nitrogen and oxygen atoms in total. The summed E-state index contributed by atoms with van der Waals surface area (Å²) in [6.07, 6.45) is 0. The van der Waals surface area contributed by atoms with E-state index < -0.39 is 10.1 Å². The van der Waals surface area contributed by atoms with Gasteiger partial charge in [0.15, 0.2) is 0 Å². The summed E-state index contributed by atoms with van der Waals surface area (Å²) in [6, 6.07) is 18.3. The van der Waals surface area contributed by atoms with E-state index in [4.69, 9.17) is 4.55 Å². The number of hydrogen-bond acceptors (Lipinski definition) is 6. The Hall–Kier alpha value is -3.69. The summed E-state index contributed by atoms with van der Waals surface area (Å²) in [5.41, 5.74) is 2.03. The molecule has 0 radical (unpaired) electrons. The van der Waals surface area contributed by atoms with Crippen molar-refractivity contribution in [1.29, 1.82) is 0 Å². The van der Waals surface area contributed by atoms with Crippen molar-refractivity contribution in [3.05, 3.63) is 83.9 Å². The third-order valence-electron chi connectivity index (χ3n) is 4.32. The Morgan fingerprint density at radius 2 is 1.14 bits per heavy atom. The summed E-state index contributed by atoms with van der Waals surface area (Å²) in [7, 11) is -4.26. The summed E-state index contributed by atoms with van der Waals surface area (Å²) in [6.45, 7) is 0. The minimum Gasteiger partial charge on any atom is -0.282 e. The molecule has 4 rings (SSSR count). The highest BCUT2D eigenvalue weighted by Gasteiger charge is 2.36. The average Bonchev–Trinajstić information content (AvgIpc) is 2.97. The molecular weight excluding hydrogens is 394 g/mol. The van der Waals surface area contributed by atoms with Crippen LogP contribution in [-0.4, -0.2) is 24.8 Å². The van der Waals surface area contributed by atoms with Gasteiger partial charge in [0.25, 0.3) is 21.9 Å². The van der Waals surface area contributed by atoms with E-state index in [1.54, 1.807) is 48.5 Å². The molecule has 0 saturated carbocycles. The van der Waals surface area contributed by atoms with Gasteiger partial charge in [-0.2, -0.15) is 18.6 Å². The number of azo groups is 1. The first kappa shape index (κ1) is 18.7. The maximum atomic E-state index is 12.5. The molecule has 1 N–H and O–H groups in total.